The van der Waals surface area contributed by atoms with Gasteiger partial charge in [-0.25, -0.2) is 4.57 Å². The van der Waals surface area contributed by atoms with Crippen LogP contribution in [0.5, 0.6) is 0 Å². The maximum Gasteiger partial charge on any atom is 0.301 e. The van der Waals surface area contributed by atoms with Crippen LogP contribution in [0.3, 0.4) is 0 Å². The van der Waals surface area contributed by atoms with Crippen LogP contribution in [0.25, 0.3) is 0 Å². The number of nitrogens with zero attached hydrogens (tertiary/aromatic N) is 3. The van der Waals surface area contributed by atoms with Gasteiger partial charge in [0, 0.05) is 11.5 Å². The molecule has 1 amide bonds. The van der Waals surface area contributed by atoms with E-state index in [1.54, 1.807) is 10.6 Å². The number of aliphatic carboxylic acids is 1. The van der Waals surface area contributed by atoms with Gasteiger partial charge in [0.15, 0.2) is 0 Å². The predicted molar refractivity (Wildman–Crippen MR) is 92.8 cm³/mol. The van der Waals surface area contributed by atoms with Crippen molar-refractivity contribution in [2.24, 2.45) is 5.73 Å². The second-order valence-corrected chi connectivity index (χ2v) is 7.64. The Labute approximate surface area is 152 Å². The molecule has 2 aliphatic heterocycles. The van der Waals surface area contributed by atoms with E-state index >= 15 is 0 Å². The Morgan fingerprint density at radius 1 is 1.56 bits per heavy atom. The maximum atomic E-state index is 11.9. The number of anilines is 2. The van der Waals surface area contributed by atoms with Gasteiger partial charge in [-0.1, -0.05) is 4.98 Å². The summed E-state index contributed by atoms with van der Waals surface area (Å²) in [6.45, 7) is 2.52. The largest absolute Gasteiger partial charge is 0.543 e. The van der Waals surface area contributed by atoms with Gasteiger partial charge in [-0.15, -0.1) is 11.8 Å². The molecular formula is C14H18N6O3S2. The van der Waals surface area contributed by atoms with E-state index in [-0.39, 0.29) is 11.1 Å². The smallest absolute Gasteiger partial charge is 0.301 e. The molecule has 0 spiro atoms. The maximum absolute atomic E-state index is 11.9. The summed E-state index contributed by atoms with van der Waals surface area (Å²) in [6.07, 6.45) is 0. The molecule has 1 aromatic rings. The van der Waals surface area contributed by atoms with Crippen molar-refractivity contribution in [1.82, 2.24) is 9.88 Å². The van der Waals surface area contributed by atoms with Crippen LogP contribution in [0.2, 0.25) is 0 Å². The average molecular weight is 382 g/mol. The number of hydrogen-bond donors (Lipinski definition) is 3. The van der Waals surface area contributed by atoms with Crippen LogP contribution in [-0.4, -0.2) is 44.7 Å². The lowest BCUT2D eigenvalue weighted by Gasteiger charge is -2.49. The number of carbonyl (C=O) groups is 2. The molecule has 0 saturated carbocycles. The van der Waals surface area contributed by atoms with Crippen molar-refractivity contribution >= 4 is 47.0 Å². The summed E-state index contributed by atoms with van der Waals surface area (Å²) in [5.74, 6) is -0.201. The number of carbonyl (C=O) groups excluding carboxylic acids is 2. The van der Waals surface area contributed by atoms with Crippen LogP contribution in [0, 0.1) is 0 Å². The van der Waals surface area contributed by atoms with Crippen LogP contribution in [0.4, 0.5) is 11.6 Å². The normalized spacial score (nSPS) is 22.6. The number of nitrogen functional groups attached to an aromatic ring is 2. The van der Waals surface area contributed by atoms with Crippen LogP contribution in [0.15, 0.2) is 22.5 Å². The van der Waals surface area contributed by atoms with E-state index in [2.05, 4.69) is 4.98 Å². The van der Waals surface area contributed by atoms with Crippen molar-refractivity contribution < 1.29 is 19.3 Å². The van der Waals surface area contributed by atoms with E-state index in [1.165, 1.54) is 28.4 Å². The molecule has 1 unspecified atom stereocenters. The highest BCUT2D eigenvalue weighted by atomic mass is 32.2. The second kappa shape index (κ2) is 6.73. The van der Waals surface area contributed by atoms with Crippen molar-refractivity contribution in [2.75, 3.05) is 23.0 Å². The quantitative estimate of drug-likeness (QED) is 0.224. The van der Waals surface area contributed by atoms with Crippen LogP contribution >= 0.6 is 23.5 Å². The Kier molecular flexibility index (Phi) is 4.80. The molecule has 25 heavy (non-hydrogen) atoms. The second-order valence-electron chi connectivity index (χ2n) is 5.60. The Balaban J connectivity index is 1.87. The van der Waals surface area contributed by atoms with Gasteiger partial charge in [0.05, 0.1) is 24.3 Å². The lowest BCUT2D eigenvalue weighted by molar-refractivity contribution is -0.719. The third-order valence-electron chi connectivity index (χ3n) is 4.04. The monoisotopic (exact) mass is 382 g/mol. The summed E-state index contributed by atoms with van der Waals surface area (Å²) < 4.78 is 1.78. The number of fused-ring (bicyclic) bond motifs is 1. The molecule has 0 aromatic carbocycles. The first-order valence-electron chi connectivity index (χ1n) is 7.57. The zero-order chi connectivity index (χ0) is 18.3. The van der Waals surface area contributed by atoms with Gasteiger partial charge in [-0.3, -0.25) is 9.69 Å². The van der Waals surface area contributed by atoms with Crippen molar-refractivity contribution in [3.8, 4) is 0 Å². The molecule has 0 aliphatic carbocycles. The Morgan fingerprint density at radius 3 is 2.92 bits per heavy atom. The van der Waals surface area contributed by atoms with Crippen molar-refractivity contribution in [3.05, 3.63) is 17.3 Å². The summed E-state index contributed by atoms with van der Waals surface area (Å²) in [6, 6.07) is 0.909. The molecule has 0 bridgehead atoms. The predicted octanol–water partition coefficient (Wildman–Crippen LogP) is -2.11. The summed E-state index contributed by atoms with van der Waals surface area (Å²) in [4.78, 5) is 29.0. The molecule has 134 valence electrons. The lowest BCUT2D eigenvalue weighted by Crippen LogP contribution is -2.69. The Hall–Kier alpha value is -1.98. The van der Waals surface area contributed by atoms with Gasteiger partial charge < -0.3 is 27.1 Å². The zero-order valence-electron chi connectivity index (χ0n) is 13.5. The van der Waals surface area contributed by atoms with Gasteiger partial charge in [0.25, 0.3) is 0 Å². The standard InChI is InChI=1S/C14H18N6O3S2/c1-2-19-8(16)3-7(15)18-14(19)25-5-6-4-24-12-9(17)11(21)20(12)10(6)13(22)23/h3,9,12H,2,4-5,17H2,1H3,(H4,15,16,22,23)/t9?,12-/m1/s1. The fourth-order valence-corrected chi connectivity index (χ4v) is 5.33. The number of nitrogens with two attached hydrogens (primary N) is 3. The lowest BCUT2D eigenvalue weighted by atomic mass is 10.0. The molecule has 3 heterocycles. The topological polar surface area (TPSA) is 155 Å². The molecule has 2 aliphatic rings. The van der Waals surface area contributed by atoms with E-state index < -0.39 is 17.9 Å². The number of carboxylic acids is 1. The van der Waals surface area contributed by atoms with Gasteiger partial charge in [0.2, 0.25) is 17.5 Å². The van der Waals surface area contributed by atoms with E-state index in [9.17, 15) is 14.7 Å². The summed E-state index contributed by atoms with van der Waals surface area (Å²) in [7, 11) is 0. The highest BCUT2D eigenvalue weighted by Gasteiger charge is 2.50. The molecular weight excluding hydrogens is 364 g/mol. The van der Waals surface area contributed by atoms with Gasteiger partial charge >= 0.3 is 5.16 Å². The number of carboxylic acid groups (broad SMARTS) is 1. The molecule has 9 nitrogen and oxygen atoms in total. The van der Waals surface area contributed by atoms with E-state index in [0.717, 1.165) is 0 Å². The number of hydrogen-bond acceptors (Lipinski definition) is 9. The highest BCUT2D eigenvalue weighted by molar-refractivity contribution is 8.01. The third-order valence-corrected chi connectivity index (χ3v) is 6.46. The number of amides is 1. The van der Waals surface area contributed by atoms with Crippen molar-refractivity contribution in [2.45, 2.75) is 30.0 Å². The molecule has 2 atom stereocenters. The highest BCUT2D eigenvalue weighted by Crippen LogP contribution is 2.40. The minimum atomic E-state index is -1.37. The van der Waals surface area contributed by atoms with Crippen LogP contribution in [0.1, 0.15) is 6.92 Å². The summed E-state index contributed by atoms with van der Waals surface area (Å²) in [5, 5.41) is 11.8. The van der Waals surface area contributed by atoms with Crippen LogP contribution < -0.4 is 26.9 Å². The zero-order valence-corrected chi connectivity index (χ0v) is 15.1. The Morgan fingerprint density at radius 2 is 2.28 bits per heavy atom. The molecule has 0 radical (unpaired) electrons. The minimum absolute atomic E-state index is 0.0807. The Bertz CT molecular complexity index is 784. The van der Waals surface area contributed by atoms with E-state index in [1.807, 2.05) is 6.92 Å². The fourth-order valence-electron chi connectivity index (χ4n) is 2.80. The summed E-state index contributed by atoms with van der Waals surface area (Å²) >= 11 is 2.76. The first-order valence-corrected chi connectivity index (χ1v) is 9.60. The van der Waals surface area contributed by atoms with E-state index in [4.69, 9.17) is 17.2 Å². The number of β-lactam (4-membered cyclic amide) rings is 1. The molecule has 1 aromatic heterocycles. The van der Waals surface area contributed by atoms with Gasteiger partial charge in [-0.2, -0.15) is 0 Å². The molecule has 1 saturated heterocycles. The van der Waals surface area contributed by atoms with Gasteiger partial charge in [0.1, 0.15) is 11.4 Å². The summed E-state index contributed by atoms with van der Waals surface area (Å²) in [5.41, 5.74) is 17.9. The average Bonchev–Trinajstić information content (AvgIpc) is 2.57. The number of thioether (sulfide) groups is 2. The van der Waals surface area contributed by atoms with Crippen molar-refractivity contribution in [3.63, 3.8) is 0 Å². The molecule has 3 rings (SSSR count). The van der Waals surface area contributed by atoms with Crippen LogP contribution in [-0.2, 0) is 16.1 Å². The number of aromatic nitrogens is 2. The first-order chi connectivity index (χ1) is 11.8. The molecule has 1 fully saturated rings. The minimum Gasteiger partial charge on any atom is -0.543 e. The molecule has 6 N–H and O–H groups in total. The number of rotatable bonds is 5. The van der Waals surface area contributed by atoms with Crippen molar-refractivity contribution in [1.29, 1.82) is 0 Å². The first kappa shape index (κ1) is 17.8. The SMILES string of the molecule is CC[n+]1c(N)cc(N)nc1SCC1=C(C(=O)[O-])N2C(=O)C(N)[C@H]2SC1. The molecule has 11 heteroatoms. The third kappa shape index (κ3) is 3.02. The van der Waals surface area contributed by atoms with E-state index in [0.29, 0.717) is 40.4 Å². The van der Waals surface area contributed by atoms with Gasteiger partial charge in [-0.05, 0) is 24.3 Å². The fraction of sp³-hybridized carbons (Fsp3) is 0.429.